The zero-order valence-electron chi connectivity index (χ0n) is 11.8. The number of carbonyl (C=O) groups excluding carboxylic acids is 1. The Labute approximate surface area is 148 Å². The first-order chi connectivity index (χ1) is 10.1. The minimum absolute atomic E-state index is 0. The van der Waals surface area contributed by atoms with Crippen LogP contribution in [0.25, 0.3) is 22.0 Å². The number of aromatic hydroxyl groups is 2. The average Bonchev–Trinajstić information content (AvgIpc) is 2.49. The summed E-state index contributed by atoms with van der Waals surface area (Å²) in [5.74, 6) is -1.97. The van der Waals surface area contributed by atoms with Crippen molar-refractivity contribution in [1.82, 2.24) is 4.98 Å². The van der Waals surface area contributed by atoms with Crippen LogP contribution in [0.5, 0.6) is 11.5 Å². The number of carboxylic acid groups (broad SMARTS) is 1. The van der Waals surface area contributed by atoms with Crippen molar-refractivity contribution in [3.05, 3.63) is 54.2 Å². The molecule has 0 atom stereocenters. The van der Waals surface area contributed by atoms with Crippen LogP contribution in [0, 0.1) is 0 Å². The van der Waals surface area contributed by atoms with Gasteiger partial charge in [-0.05, 0) is 17.7 Å². The zero-order valence-corrected chi connectivity index (χ0v) is 13.8. The van der Waals surface area contributed by atoms with Crippen molar-refractivity contribution >= 4 is 16.9 Å². The fourth-order valence-electron chi connectivity index (χ4n) is 2.21. The molecule has 0 bridgehead atoms. The van der Waals surface area contributed by atoms with Gasteiger partial charge in [-0.1, -0.05) is 30.3 Å². The molecule has 5 nitrogen and oxygen atoms in total. The van der Waals surface area contributed by atoms with E-state index in [9.17, 15) is 20.1 Å². The Morgan fingerprint density at radius 1 is 1.05 bits per heavy atom. The molecule has 0 fully saturated rings. The number of phenolic OH excluding ortho intramolecular Hbond substituents is 1. The van der Waals surface area contributed by atoms with E-state index >= 15 is 0 Å². The summed E-state index contributed by atoms with van der Waals surface area (Å²) < 4.78 is 0. The van der Waals surface area contributed by atoms with Gasteiger partial charge in [0.1, 0.15) is 17.0 Å². The number of nitrogens with zero attached hydrogens (tertiary/aromatic N) is 1. The molecule has 104 valence electrons. The fourth-order valence-corrected chi connectivity index (χ4v) is 2.21. The number of aromatic nitrogens is 1. The maximum absolute atomic E-state index is 10.9. The molecule has 22 heavy (non-hydrogen) atoms. The quantitative estimate of drug-likeness (QED) is 0.573. The van der Waals surface area contributed by atoms with Gasteiger partial charge in [-0.15, -0.1) is 0 Å². The van der Waals surface area contributed by atoms with Crippen molar-refractivity contribution in [1.29, 1.82) is 0 Å². The first kappa shape index (κ1) is 16.3. The Morgan fingerprint density at radius 2 is 1.73 bits per heavy atom. The Balaban J connectivity index is 0.00000176. The van der Waals surface area contributed by atoms with Gasteiger partial charge >= 0.3 is 29.6 Å². The number of aromatic carboxylic acids is 1. The third-order valence-corrected chi connectivity index (χ3v) is 3.23. The monoisotopic (exact) mass is 303 g/mol. The molecule has 0 radical (unpaired) electrons. The molecule has 0 unspecified atom stereocenters. The standard InChI is InChI=1S/C16H11NO4.Na/c18-13-8-12(16(20)21)17-14-11(13)7-6-10(15(14)19)9-4-2-1-3-5-9;/h1-8,19H,(H,17,18)(H,20,21);/q;+1/p-1. The van der Waals surface area contributed by atoms with Crippen molar-refractivity contribution in [2.45, 2.75) is 0 Å². The summed E-state index contributed by atoms with van der Waals surface area (Å²) in [6, 6.07) is 13.3. The third kappa shape index (κ3) is 2.78. The smallest absolute Gasteiger partial charge is 0.543 e. The fraction of sp³-hybridized carbons (Fsp3) is 0. The Bertz CT molecular complexity index is 850. The van der Waals surface area contributed by atoms with Crippen LogP contribution in [0.15, 0.2) is 48.5 Å². The predicted octanol–water partition coefficient (Wildman–Crippen LogP) is -1.32. The van der Waals surface area contributed by atoms with Gasteiger partial charge in [0.2, 0.25) is 0 Å². The maximum Gasteiger partial charge on any atom is 1.00 e. The first-order valence-corrected chi connectivity index (χ1v) is 6.20. The molecule has 2 N–H and O–H groups in total. The van der Waals surface area contributed by atoms with Crippen LogP contribution in [0.3, 0.4) is 0 Å². The molecule has 0 spiro atoms. The minimum atomic E-state index is -1.52. The normalized spacial score (nSPS) is 10.2. The summed E-state index contributed by atoms with van der Waals surface area (Å²) >= 11 is 0. The molecule has 0 aliphatic carbocycles. The van der Waals surface area contributed by atoms with Gasteiger partial charge in [0.25, 0.3) is 0 Å². The van der Waals surface area contributed by atoms with E-state index in [-0.39, 0.29) is 52.0 Å². The van der Waals surface area contributed by atoms with Gasteiger partial charge in [0.05, 0.1) is 11.7 Å². The van der Waals surface area contributed by atoms with E-state index in [1.165, 1.54) is 0 Å². The Hall–Kier alpha value is -2.08. The molecule has 3 aromatic rings. The first-order valence-electron chi connectivity index (χ1n) is 6.20. The largest absolute Gasteiger partial charge is 1.00 e. The number of rotatable bonds is 2. The predicted molar refractivity (Wildman–Crippen MR) is 74.8 cm³/mol. The van der Waals surface area contributed by atoms with Crippen LogP contribution in [0.4, 0.5) is 0 Å². The van der Waals surface area contributed by atoms with Gasteiger partial charge in [-0.2, -0.15) is 0 Å². The van der Waals surface area contributed by atoms with Gasteiger partial charge in [0, 0.05) is 17.0 Å². The second-order valence-corrected chi connectivity index (χ2v) is 4.54. The van der Waals surface area contributed by atoms with Crippen LogP contribution in [-0.2, 0) is 0 Å². The molecule has 0 amide bonds. The average molecular weight is 303 g/mol. The molecule has 1 heterocycles. The van der Waals surface area contributed by atoms with Crippen molar-refractivity contribution in [2.75, 3.05) is 0 Å². The van der Waals surface area contributed by atoms with Crippen LogP contribution in [0.1, 0.15) is 10.5 Å². The topological polar surface area (TPSA) is 93.5 Å². The molecular formula is C16H10NNaO4. The van der Waals surface area contributed by atoms with Crippen LogP contribution < -0.4 is 34.7 Å². The summed E-state index contributed by atoms with van der Waals surface area (Å²) in [7, 11) is 0. The SMILES string of the molecule is O=C([O-])c1cc(O)c2ccc(-c3ccccc3)c(O)c2n1.[Na+]. The molecule has 0 saturated carbocycles. The molecule has 0 aliphatic rings. The van der Waals surface area contributed by atoms with Crippen molar-refractivity contribution in [2.24, 2.45) is 0 Å². The van der Waals surface area contributed by atoms with E-state index in [4.69, 9.17) is 0 Å². The zero-order chi connectivity index (χ0) is 15.0. The van der Waals surface area contributed by atoms with Gasteiger partial charge in [-0.25, -0.2) is 4.98 Å². The van der Waals surface area contributed by atoms with Crippen LogP contribution >= 0.6 is 0 Å². The van der Waals surface area contributed by atoms with Crippen molar-refractivity contribution < 1.29 is 49.7 Å². The number of carbonyl (C=O) groups is 1. The van der Waals surface area contributed by atoms with Gasteiger partial charge in [0.15, 0.2) is 0 Å². The Morgan fingerprint density at radius 3 is 2.36 bits per heavy atom. The van der Waals surface area contributed by atoms with E-state index in [0.717, 1.165) is 11.6 Å². The number of benzene rings is 2. The second-order valence-electron chi connectivity index (χ2n) is 4.54. The summed E-state index contributed by atoms with van der Waals surface area (Å²) in [6.07, 6.45) is 0. The number of fused-ring (bicyclic) bond motifs is 1. The number of hydrogen-bond donors (Lipinski definition) is 2. The molecule has 3 rings (SSSR count). The van der Waals surface area contributed by atoms with Crippen molar-refractivity contribution in [3.8, 4) is 22.6 Å². The molecule has 0 aliphatic heterocycles. The molecule has 0 saturated heterocycles. The summed E-state index contributed by atoms with van der Waals surface area (Å²) in [4.78, 5) is 14.7. The second kappa shape index (κ2) is 6.36. The van der Waals surface area contributed by atoms with E-state index in [2.05, 4.69) is 4.98 Å². The number of hydrogen-bond acceptors (Lipinski definition) is 5. The van der Waals surface area contributed by atoms with Gasteiger partial charge < -0.3 is 20.1 Å². The summed E-state index contributed by atoms with van der Waals surface area (Å²) in [6.45, 7) is 0. The number of pyridine rings is 1. The van der Waals surface area contributed by atoms with Gasteiger partial charge in [-0.3, -0.25) is 0 Å². The minimum Gasteiger partial charge on any atom is -0.543 e. The van der Waals surface area contributed by atoms with E-state index in [1.807, 2.05) is 30.3 Å². The third-order valence-electron chi connectivity index (χ3n) is 3.23. The maximum atomic E-state index is 10.9. The Kier molecular flexibility index (Phi) is 4.71. The number of carboxylic acids is 1. The van der Waals surface area contributed by atoms with E-state index < -0.39 is 11.7 Å². The molecular weight excluding hydrogens is 293 g/mol. The van der Waals surface area contributed by atoms with Crippen LogP contribution in [0.2, 0.25) is 0 Å². The summed E-state index contributed by atoms with van der Waals surface area (Å²) in [5, 5.41) is 31.4. The molecule has 6 heteroatoms. The van der Waals surface area contributed by atoms with E-state index in [0.29, 0.717) is 5.56 Å². The molecule has 2 aromatic carbocycles. The summed E-state index contributed by atoms with van der Waals surface area (Å²) in [5.41, 5.74) is 0.860. The van der Waals surface area contributed by atoms with Crippen molar-refractivity contribution in [3.63, 3.8) is 0 Å². The van der Waals surface area contributed by atoms with Crippen LogP contribution in [-0.4, -0.2) is 21.2 Å². The number of phenols is 1. The molecule has 1 aromatic heterocycles. The van der Waals surface area contributed by atoms with E-state index in [1.54, 1.807) is 12.1 Å².